The average Bonchev–Trinajstić information content (AvgIpc) is 2.59. The van der Waals surface area contributed by atoms with Gasteiger partial charge < -0.3 is 10.1 Å². The summed E-state index contributed by atoms with van der Waals surface area (Å²) in [5.74, 6) is -1.15. The Morgan fingerprint density at radius 1 is 1.30 bits per heavy atom. The normalized spacial score (nSPS) is 13.4. The van der Waals surface area contributed by atoms with Crippen LogP contribution < -0.4 is 16.2 Å². The lowest BCUT2D eigenvalue weighted by Gasteiger charge is -2.29. The fraction of sp³-hybridized carbons (Fsp3) is 0.471. The number of nitrogens with zero attached hydrogens (tertiary/aromatic N) is 1. The van der Waals surface area contributed by atoms with Gasteiger partial charge in [-0.2, -0.15) is 18.4 Å². The molecule has 0 radical (unpaired) electrons. The average molecular weight is 386 g/mol. The number of esters is 1. The minimum Gasteiger partial charge on any atom is -0.466 e. The van der Waals surface area contributed by atoms with E-state index in [9.17, 15) is 22.8 Å². The number of carbonyl (C=O) groups excluding carboxylic acids is 2. The third-order valence-corrected chi connectivity index (χ3v) is 3.74. The molecule has 10 heteroatoms. The van der Waals surface area contributed by atoms with Gasteiger partial charge >= 0.3 is 12.1 Å². The minimum atomic E-state index is -4.73. The van der Waals surface area contributed by atoms with E-state index in [1.165, 1.54) is 26.1 Å². The maximum Gasteiger partial charge on any atom is 0.417 e. The van der Waals surface area contributed by atoms with Gasteiger partial charge in [0.15, 0.2) is 0 Å². The zero-order valence-electron chi connectivity index (χ0n) is 15.2. The number of hydrogen-bond donors (Lipinski definition) is 3. The molecule has 148 valence electrons. The number of hydrazine groups is 1. The Morgan fingerprint density at radius 3 is 2.48 bits per heavy atom. The highest BCUT2D eigenvalue weighted by Gasteiger charge is 2.36. The lowest BCUT2D eigenvalue weighted by molar-refractivity contribution is -0.143. The maximum absolute atomic E-state index is 13.1. The molecule has 1 aromatic carbocycles. The van der Waals surface area contributed by atoms with Gasteiger partial charge in [-0.25, -0.2) is 5.43 Å². The van der Waals surface area contributed by atoms with Gasteiger partial charge in [0.25, 0.3) is 0 Å². The molecular weight excluding hydrogens is 365 g/mol. The maximum atomic E-state index is 13.1. The van der Waals surface area contributed by atoms with Crippen LogP contribution in [0.25, 0.3) is 0 Å². The molecule has 0 aliphatic rings. The summed E-state index contributed by atoms with van der Waals surface area (Å²) in [5, 5.41) is 11.2. The number of hydrogen-bond acceptors (Lipinski definition) is 6. The summed E-state index contributed by atoms with van der Waals surface area (Å²) in [7, 11) is 1.51. The Morgan fingerprint density at radius 2 is 1.96 bits per heavy atom. The minimum absolute atomic E-state index is 0.0426. The van der Waals surface area contributed by atoms with Crippen molar-refractivity contribution in [2.24, 2.45) is 0 Å². The molecule has 1 amide bonds. The van der Waals surface area contributed by atoms with Crippen LogP contribution in [0.1, 0.15) is 37.8 Å². The third kappa shape index (κ3) is 6.23. The number of halogens is 3. The Bertz CT molecular complexity index is 731. The van der Waals surface area contributed by atoms with Gasteiger partial charge in [-0.15, -0.1) is 0 Å². The summed E-state index contributed by atoms with van der Waals surface area (Å²) in [6, 6.07) is 4.36. The van der Waals surface area contributed by atoms with Crippen LogP contribution in [0, 0.1) is 11.3 Å². The van der Waals surface area contributed by atoms with Gasteiger partial charge in [0.05, 0.1) is 23.8 Å². The molecule has 0 aromatic heterocycles. The number of carbonyl (C=O) groups is 2. The third-order valence-electron chi connectivity index (χ3n) is 3.74. The molecular formula is C17H21F3N4O3. The van der Waals surface area contributed by atoms with Crippen molar-refractivity contribution < 1.29 is 27.5 Å². The molecule has 0 spiro atoms. The van der Waals surface area contributed by atoms with Gasteiger partial charge in [0.2, 0.25) is 5.91 Å². The van der Waals surface area contributed by atoms with E-state index in [-0.39, 0.29) is 25.1 Å². The van der Waals surface area contributed by atoms with Crippen LogP contribution in [0.4, 0.5) is 18.9 Å². The Kier molecular flexibility index (Phi) is 7.75. The van der Waals surface area contributed by atoms with Gasteiger partial charge in [0, 0.05) is 12.1 Å². The zero-order chi connectivity index (χ0) is 20.7. The fourth-order valence-electron chi connectivity index (χ4n) is 2.32. The van der Waals surface area contributed by atoms with Gasteiger partial charge in [-0.3, -0.25) is 15.0 Å². The predicted octanol–water partition coefficient (Wildman–Crippen LogP) is 2.34. The molecule has 0 heterocycles. The molecule has 3 N–H and O–H groups in total. The molecule has 0 fully saturated rings. The Hall–Kier alpha value is -2.64. The fourth-order valence-corrected chi connectivity index (χ4v) is 2.32. The van der Waals surface area contributed by atoms with Crippen molar-refractivity contribution >= 4 is 17.6 Å². The van der Waals surface area contributed by atoms with E-state index < -0.39 is 34.7 Å². The number of amides is 1. The highest BCUT2D eigenvalue weighted by atomic mass is 19.4. The number of nitriles is 1. The van der Waals surface area contributed by atoms with E-state index >= 15 is 0 Å². The van der Waals surface area contributed by atoms with Crippen molar-refractivity contribution in [3.8, 4) is 6.07 Å². The summed E-state index contributed by atoms with van der Waals surface area (Å²) in [5.41, 5.74) is 2.20. The monoisotopic (exact) mass is 386 g/mol. The zero-order valence-corrected chi connectivity index (χ0v) is 15.2. The number of rotatable bonds is 8. The van der Waals surface area contributed by atoms with Crippen LogP contribution in [-0.2, 0) is 20.5 Å². The van der Waals surface area contributed by atoms with E-state index in [4.69, 9.17) is 10.00 Å². The molecule has 1 atom stereocenters. The number of anilines is 1. The second-order valence-electron chi connectivity index (χ2n) is 5.84. The predicted molar refractivity (Wildman–Crippen MR) is 91.3 cm³/mol. The first kappa shape index (κ1) is 22.4. The Balaban J connectivity index is 3.02. The summed E-state index contributed by atoms with van der Waals surface area (Å²) in [6.45, 7) is 3.35. The van der Waals surface area contributed by atoms with Gasteiger partial charge in [-0.1, -0.05) is 0 Å². The van der Waals surface area contributed by atoms with Crippen molar-refractivity contribution in [1.29, 1.82) is 5.26 Å². The van der Waals surface area contributed by atoms with Crippen LogP contribution in [-0.4, -0.2) is 31.1 Å². The standard InChI is InChI=1S/C17H21F3N4O3/c1-4-27-14(25)7-8-16(2,24-22-3)15(26)23-12-6-5-11(10-21)13(9-12)17(18,19)20/h5-6,9,22,24H,4,7-8H2,1-3H3,(H,23,26). The first-order valence-corrected chi connectivity index (χ1v) is 8.09. The second-order valence-corrected chi connectivity index (χ2v) is 5.84. The van der Waals surface area contributed by atoms with Crippen LogP contribution in [0.15, 0.2) is 18.2 Å². The van der Waals surface area contributed by atoms with Crippen LogP contribution in [0.2, 0.25) is 0 Å². The molecule has 0 saturated carbocycles. The molecule has 0 aliphatic heterocycles. The molecule has 27 heavy (non-hydrogen) atoms. The summed E-state index contributed by atoms with van der Waals surface area (Å²) >= 11 is 0. The van der Waals surface area contributed by atoms with Crippen molar-refractivity contribution in [1.82, 2.24) is 10.9 Å². The summed E-state index contributed by atoms with van der Waals surface area (Å²) in [4.78, 5) is 24.1. The SMILES string of the molecule is CCOC(=O)CCC(C)(NNC)C(=O)Nc1ccc(C#N)c(C(F)(F)F)c1. The molecule has 0 bridgehead atoms. The largest absolute Gasteiger partial charge is 0.466 e. The first-order chi connectivity index (χ1) is 12.6. The lowest BCUT2D eigenvalue weighted by Crippen LogP contribution is -2.56. The van der Waals surface area contributed by atoms with Crippen LogP contribution >= 0.6 is 0 Å². The highest BCUT2D eigenvalue weighted by Crippen LogP contribution is 2.33. The van der Waals surface area contributed by atoms with Crippen molar-refractivity contribution in [2.45, 2.75) is 38.4 Å². The first-order valence-electron chi connectivity index (χ1n) is 8.09. The molecule has 1 rings (SSSR count). The smallest absolute Gasteiger partial charge is 0.417 e. The lowest BCUT2D eigenvalue weighted by atomic mass is 9.95. The quantitative estimate of drug-likeness (QED) is 0.468. The van der Waals surface area contributed by atoms with Crippen LogP contribution in [0.5, 0.6) is 0 Å². The van der Waals surface area contributed by atoms with Gasteiger partial charge in [-0.05, 0) is 45.5 Å². The van der Waals surface area contributed by atoms with Gasteiger partial charge in [0.1, 0.15) is 5.54 Å². The van der Waals surface area contributed by atoms with E-state index in [1.807, 2.05) is 0 Å². The summed E-state index contributed by atoms with van der Waals surface area (Å²) < 4.78 is 44.0. The highest BCUT2D eigenvalue weighted by molar-refractivity contribution is 5.98. The van der Waals surface area contributed by atoms with E-state index in [0.29, 0.717) is 6.07 Å². The molecule has 7 nitrogen and oxygen atoms in total. The molecule has 1 aromatic rings. The topological polar surface area (TPSA) is 103 Å². The molecule has 0 saturated heterocycles. The second kappa shape index (κ2) is 9.34. The molecule has 1 unspecified atom stereocenters. The van der Waals surface area contributed by atoms with Crippen molar-refractivity contribution in [3.63, 3.8) is 0 Å². The molecule has 0 aliphatic carbocycles. The van der Waals surface area contributed by atoms with Crippen LogP contribution in [0.3, 0.4) is 0 Å². The van der Waals surface area contributed by atoms with Crippen molar-refractivity contribution in [2.75, 3.05) is 19.0 Å². The van der Waals surface area contributed by atoms with E-state index in [0.717, 1.165) is 6.07 Å². The number of nitrogens with one attached hydrogen (secondary N) is 3. The van der Waals surface area contributed by atoms with E-state index in [1.54, 1.807) is 6.92 Å². The van der Waals surface area contributed by atoms with Crippen molar-refractivity contribution in [3.05, 3.63) is 29.3 Å². The number of alkyl halides is 3. The number of ether oxygens (including phenoxy) is 1. The number of benzene rings is 1. The van der Waals surface area contributed by atoms with E-state index in [2.05, 4.69) is 16.2 Å². The Labute approximate surface area is 154 Å². The summed E-state index contributed by atoms with van der Waals surface area (Å²) in [6.07, 6.45) is -4.75.